The summed E-state index contributed by atoms with van der Waals surface area (Å²) in [6.45, 7) is 1.23. The average molecular weight is 368 g/mol. The molecule has 2 saturated carbocycles. The summed E-state index contributed by atoms with van der Waals surface area (Å²) in [6, 6.07) is 6.85. The van der Waals surface area contributed by atoms with Gasteiger partial charge in [0.15, 0.2) is 0 Å². The lowest BCUT2D eigenvalue weighted by molar-refractivity contribution is -0.123. The van der Waals surface area contributed by atoms with Gasteiger partial charge >= 0.3 is 0 Å². The van der Waals surface area contributed by atoms with Gasteiger partial charge in [-0.2, -0.15) is 0 Å². The van der Waals surface area contributed by atoms with Crippen molar-refractivity contribution in [3.05, 3.63) is 29.8 Å². The van der Waals surface area contributed by atoms with E-state index in [0.29, 0.717) is 29.6 Å². The lowest BCUT2D eigenvalue weighted by Crippen LogP contribution is -2.34. The maximum Gasteiger partial charge on any atom is 0.251 e. The van der Waals surface area contributed by atoms with E-state index in [1.165, 1.54) is 4.90 Å². The first-order chi connectivity index (χ1) is 13.1. The van der Waals surface area contributed by atoms with E-state index in [-0.39, 0.29) is 35.7 Å². The van der Waals surface area contributed by atoms with Crippen molar-refractivity contribution < 1.29 is 19.1 Å². The number of fused-ring (bicyclic) bond motifs is 5. The predicted molar refractivity (Wildman–Crippen MR) is 98.1 cm³/mol. The molecule has 0 aromatic heterocycles. The first-order valence-electron chi connectivity index (χ1n) is 10.0. The van der Waals surface area contributed by atoms with Crippen LogP contribution >= 0.6 is 0 Å². The van der Waals surface area contributed by atoms with Gasteiger partial charge < -0.3 is 10.1 Å². The molecule has 0 radical (unpaired) electrons. The first-order valence-corrected chi connectivity index (χ1v) is 10.0. The number of benzene rings is 1. The molecule has 0 spiro atoms. The molecule has 2 aliphatic carbocycles. The topological polar surface area (TPSA) is 75.7 Å². The summed E-state index contributed by atoms with van der Waals surface area (Å²) in [5.41, 5.74) is 0.981. The van der Waals surface area contributed by atoms with Gasteiger partial charge in [-0.3, -0.25) is 19.3 Å². The first kappa shape index (κ1) is 16.9. The van der Waals surface area contributed by atoms with Crippen LogP contribution in [-0.4, -0.2) is 37.0 Å². The molecule has 6 heteroatoms. The fourth-order valence-corrected chi connectivity index (χ4v) is 5.56. The van der Waals surface area contributed by atoms with Crippen LogP contribution in [0.5, 0.6) is 0 Å². The van der Waals surface area contributed by atoms with Crippen molar-refractivity contribution in [1.82, 2.24) is 5.32 Å². The molecule has 3 amide bonds. The Kier molecular flexibility index (Phi) is 4.04. The molecular weight excluding hydrogens is 344 g/mol. The SMILES string of the molecule is O=C(NC[C@@H]1CCCO1)c1cccc(N2C(=O)[C@@H]3[C@H]4CC[C@@H](C4)[C@@H]3C2=O)c1. The van der Waals surface area contributed by atoms with Crippen LogP contribution < -0.4 is 10.2 Å². The number of carbonyl (C=O) groups is 3. The minimum atomic E-state index is -0.202. The van der Waals surface area contributed by atoms with Crippen LogP contribution in [0.2, 0.25) is 0 Å². The molecule has 2 aliphatic heterocycles. The number of amides is 3. The third-order valence-corrected chi connectivity index (χ3v) is 6.81. The lowest BCUT2D eigenvalue weighted by Gasteiger charge is -2.19. The molecule has 4 fully saturated rings. The summed E-state index contributed by atoms with van der Waals surface area (Å²) >= 11 is 0. The Labute approximate surface area is 158 Å². The zero-order valence-electron chi connectivity index (χ0n) is 15.2. The summed E-state index contributed by atoms with van der Waals surface area (Å²) in [6.07, 6.45) is 5.21. The number of ether oxygens (including phenoxy) is 1. The number of nitrogens with one attached hydrogen (secondary N) is 1. The van der Waals surface area contributed by atoms with Crippen LogP contribution in [-0.2, 0) is 14.3 Å². The van der Waals surface area contributed by atoms with Crippen molar-refractivity contribution >= 4 is 23.4 Å². The second kappa shape index (κ2) is 6.44. The monoisotopic (exact) mass is 368 g/mol. The number of hydrogen-bond acceptors (Lipinski definition) is 4. The molecule has 1 N–H and O–H groups in total. The van der Waals surface area contributed by atoms with Crippen LogP contribution in [0.4, 0.5) is 5.69 Å². The highest BCUT2D eigenvalue weighted by Gasteiger charge is 2.61. The highest BCUT2D eigenvalue weighted by Crippen LogP contribution is 2.56. The second-order valence-electron chi connectivity index (χ2n) is 8.29. The summed E-state index contributed by atoms with van der Waals surface area (Å²) in [5.74, 6) is 0.0788. The minimum absolute atomic E-state index is 0.0749. The largest absolute Gasteiger partial charge is 0.376 e. The third kappa shape index (κ3) is 2.69. The molecule has 5 atom stereocenters. The van der Waals surface area contributed by atoms with Gasteiger partial charge in [0, 0.05) is 18.7 Å². The number of anilines is 1. The number of hydrogen-bond donors (Lipinski definition) is 1. The molecule has 0 unspecified atom stereocenters. The normalized spacial score (nSPS) is 34.4. The van der Waals surface area contributed by atoms with E-state index in [4.69, 9.17) is 4.74 Å². The Morgan fingerprint density at radius 1 is 1.11 bits per heavy atom. The maximum absolute atomic E-state index is 13.0. The van der Waals surface area contributed by atoms with Gasteiger partial charge in [-0.25, -0.2) is 0 Å². The van der Waals surface area contributed by atoms with Gasteiger partial charge in [-0.1, -0.05) is 6.07 Å². The number of rotatable bonds is 4. The van der Waals surface area contributed by atoms with E-state index in [1.807, 2.05) is 0 Å². The molecule has 142 valence electrons. The lowest BCUT2D eigenvalue weighted by atomic mass is 9.81. The molecule has 27 heavy (non-hydrogen) atoms. The van der Waals surface area contributed by atoms with Crippen molar-refractivity contribution in [2.45, 2.75) is 38.2 Å². The van der Waals surface area contributed by atoms with Crippen molar-refractivity contribution in [2.24, 2.45) is 23.7 Å². The van der Waals surface area contributed by atoms with E-state index >= 15 is 0 Å². The smallest absolute Gasteiger partial charge is 0.251 e. The number of imide groups is 1. The van der Waals surface area contributed by atoms with Gasteiger partial charge in [0.2, 0.25) is 11.8 Å². The quantitative estimate of drug-likeness (QED) is 0.826. The predicted octanol–water partition coefficient (Wildman–Crippen LogP) is 2.13. The zero-order chi connectivity index (χ0) is 18.5. The van der Waals surface area contributed by atoms with E-state index in [0.717, 1.165) is 38.7 Å². The van der Waals surface area contributed by atoms with Crippen LogP contribution in [0.25, 0.3) is 0 Å². The maximum atomic E-state index is 13.0. The third-order valence-electron chi connectivity index (χ3n) is 6.81. The van der Waals surface area contributed by atoms with E-state index in [2.05, 4.69) is 5.32 Å². The molecule has 2 saturated heterocycles. The summed E-state index contributed by atoms with van der Waals surface area (Å²) in [7, 11) is 0. The van der Waals surface area contributed by atoms with E-state index in [9.17, 15) is 14.4 Å². The molecule has 2 heterocycles. The molecule has 2 bridgehead atoms. The van der Waals surface area contributed by atoms with Crippen LogP contribution in [0.1, 0.15) is 42.5 Å². The van der Waals surface area contributed by atoms with Crippen molar-refractivity contribution in [1.29, 1.82) is 0 Å². The summed E-state index contributed by atoms with van der Waals surface area (Å²) in [5, 5.41) is 2.89. The Hall–Kier alpha value is -2.21. The zero-order valence-corrected chi connectivity index (χ0v) is 15.2. The highest BCUT2D eigenvalue weighted by atomic mass is 16.5. The fraction of sp³-hybridized carbons (Fsp3) is 0.571. The van der Waals surface area contributed by atoms with Crippen molar-refractivity contribution in [3.63, 3.8) is 0 Å². The highest BCUT2D eigenvalue weighted by molar-refractivity contribution is 6.22. The van der Waals surface area contributed by atoms with Gasteiger partial charge in [-0.15, -0.1) is 0 Å². The van der Waals surface area contributed by atoms with Gasteiger partial charge in [0.1, 0.15) is 0 Å². The Morgan fingerprint density at radius 2 is 1.85 bits per heavy atom. The van der Waals surface area contributed by atoms with Gasteiger partial charge in [-0.05, 0) is 62.1 Å². The van der Waals surface area contributed by atoms with E-state index in [1.54, 1.807) is 24.3 Å². The van der Waals surface area contributed by atoms with E-state index < -0.39 is 0 Å². The summed E-state index contributed by atoms with van der Waals surface area (Å²) < 4.78 is 5.53. The van der Waals surface area contributed by atoms with Crippen LogP contribution in [0, 0.1) is 23.7 Å². The van der Waals surface area contributed by atoms with Crippen LogP contribution in [0.15, 0.2) is 24.3 Å². The molecule has 6 nitrogen and oxygen atoms in total. The number of carbonyl (C=O) groups excluding carboxylic acids is 3. The number of nitrogens with zero attached hydrogens (tertiary/aromatic N) is 1. The van der Waals surface area contributed by atoms with Crippen LogP contribution in [0.3, 0.4) is 0 Å². The Morgan fingerprint density at radius 3 is 2.52 bits per heavy atom. The molecule has 1 aromatic carbocycles. The Bertz CT molecular complexity index is 773. The fourth-order valence-electron chi connectivity index (χ4n) is 5.56. The van der Waals surface area contributed by atoms with Gasteiger partial charge in [0.25, 0.3) is 5.91 Å². The minimum Gasteiger partial charge on any atom is -0.376 e. The molecule has 5 rings (SSSR count). The standard InChI is InChI=1S/C21H24N2O4/c24-19(22-11-16-5-2-8-27-16)14-3-1-4-15(10-14)23-20(25)17-12-6-7-13(9-12)18(17)21(23)26/h1,3-4,10,12-13,16-18H,2,5-9,11H2,(H,22,24)/t12-,13-,16-,17-,18+/m0/s1. The Balaban J connectivity index is 1.34. The van der Waals surface area contributed by atoms with Crippen molar-refractivity contribution in [2.75, 3.05) is 18.1 Å². The molecule has 4 aliphatic rings. The average Bonchev–Trinajstić information content (AvgIpc) is 3.45. The van der Waals surface area contributed by atoms with Gasteiger partial charge in [0.05, 0.1) is 23.6 Å². The second-order valence-corrected chi connectivity index (χ2v) is 8.29. The molecule has 1 aromatic rings. The van der Waals surface area contributed by atoms with Crippen molar-refractivity contribution in [3.8, 4) is 0 Å². The molecular formula is C21H24N2O4. The summed E-state index contributed by atoms with van der Waals surface area (Å²) in [4.78, 5) is 39.7.